The molecule has 0 saturated heterocycles. The topological polar surface area (TPSA) is 52.3 Å². The highest BCUT2D eigenvalue weighted by Crippen LogP contribution is 2.26. The van der Waals surface area contributed by atoms with Crippen molar-refractivity contribution >= 4 is 23.1 Å². The molecule has 2 rings (SSSR count). The number of rotatable bonds is 3. The average Bonchev–Trinajstić information content (AvgIpc) is 2.43. The lowest BCUT2D eigenvalue weighted by Crippen LogP contribution is -2.05. The zero-order valence-electron chi connectivity index (χ0n) is 11.7. The minimum atomic E-state index is -0.0739. The van der Waals surface area contributed by atoms with Gasteiger partial charge in [-0.3, -0.25) is 4.79 Å². The van der Waals surface area contributed by atoms with E-state index in [1.807, 2.05) is 26.0 Å². The number of anilines is 1. The van der Waals surface area contributed by atoms with E-state index in [4.69, 9.17) is 22.1 Å². The Balaban J connectivity index is 2.48. The molecular formula is C16H16ClNO2. The number of carbonyl (C=O) groups excluding carboxylic acids is 1. The highest BCUT2D eigenvalue weighted by molar-refractivity contribution is 6.33. The SMILES string of the molecule is COc1cc(C)c(C(=O)c2ccc(N)c(Cl)c2)cc1C. The molecule has 0 aliphatic heterocycles. The fourth-order valence-corrected chi connectivity index (χ4v) is 2.26. The maximum absolute atomic E-state index is 12.5. The van der Waals surface area contributed by atoms with E-state index < -0.39 is 0 Å². The van der Waals surface area contributed by atoms with E-state index in [0.29, 0.717) is 21.8 Å². The molecule has 0 amide bonds. The number of hydrogen-bond acceptors (Lipinski definition) is 3. The van der Waals surface area contributed by atoms with Gasteiger partial charge in [0.1, 0.15) is 5.75 Å². The third-order valence-electron chi connectivity index (χ3n) is 3.25. The molecular weight excluding hydrogens is 274 g/mol. The maximum atomic E-state index is 12.5. The van der Waals surface area contributed by atoms with Crippen molar-refractivity contribution < 1.29 is 9.53 Å². The van der Waals surface area contributed by atoms with E-state index >= 15 is 0 Å². The summed E-state index contributed by atoms with van der Waals surface area (Å²) in [6.07, 6.45) is 0. The van der Waals surface area contributed by atoms with Crippen molar-refractivity contribution in [2.75, 3.05) is 12.8 Å². The number of benzene rings is 2. The van der Waals surface area contributed by atoms with Crippen LogP contribution in [0.4, 0.5) is 5.69 Å². The van der Waals surface area contributed by atoms with Gasteiger partial charge >= 0.3 is 0 Å². The van der Waals surface area contributed by atoms with Gasteiger partial charge in [0.2, 0.25) is 0 Å². The highest BCUT2D eigenvalue weighted by Gasteiger charge is 2.15. The summed E-state index contributed by atoms with van der Waals surface area (Å²) in [4.78, 5) is 12.5. The zero-order chi connectivity index (χ0) is 14.9. The molecule has 0 saturated carbocycles. The predicted molar refractivity (Wildman–Crippen MR) is 81.8 cm³/mol. The van der Waals surface area contributed by atoms with Crippen LogP contribution >= 0.6 is 11.6 Å². The number of hydrogen-bond donors (Lipinski definition) is 1. The molecule has 0 fully saturated rings. The first-order valence-corrected chi connectivity index (χ1v) is 6.56. The molecule has 3 nitrogen and oxygen atoms in total. The molecule has 2 N–H and O–H groups in total. The Hall–Kier alpha value is -2.00. The van der Waals surface area contributed by atoms with Crippen molar-refractivity contribution in [2.45, 2.75) is 13.8 Å². The Labute approximate surface area is 123 Å². The Kier molecular flexibility index (Phi) is 4.00. The van der Waals surface area contributed by atoms with Crippen LogP contribution in [0.25, 0.3) is 0 Å². The number of methoxy groups -OCH3 is 1. The summed E-state index contributed by atoms with van der Waals surface area (Å²) in [5.41, 5.74) is 9.08. The molecule has 0 atom stereocenters. The fraction of sp³-hybridized carbons (Fsp3) is 0.188. The molecule has 0 heterocycles. The summed E-state index contributed by atoms with van der Waals surface area (Å²) >= 11 is 5.97. The lowest BCUT2D eigenvalue weighted by molar-refractivity contribution is 0.103. The summed E-state index contributed by atoms with van der Waals surface area (Å²) in [6, 6.07) is 8.62. The summed E-state index contributed by atoms with van der Waals surface area (Å²) in [7, 11) is 1.61. The molecule has 0 spiro atoms. The normalized spacial score (nSPS) is 10.4. The first kappa shape index (κ1) is 14.4. The predicted octanol–water partition coefficient (Wildman–Crippen LogP) is 3.78. The number of ketones is 1. The molecule has 0 bridgehead atoms. The Bertz CT molecular complexity index is 680. The van der Waals surface area contributed by atoms with Crippen molar-refractivity contribution in [3.05, 3.63) is 57.6 Å². The van der Waals surface area contributed by atoms with E-state index in [9.17, 15) is 4.79 Å². The average molecular weight is 290 g/mol. The van der Waals surface area contributed by atoms with Crippen LogP contribution in [-0.4, -0.2) is 12.9 Å². The van der Waals surface area contributed by atoms with E-state index in [1.165, 1.54) is 0 Å². The maximum Gasteiger partial charge on any atom is 0.193 e. The fourth-order valence-electron chi connectivity index (χ4n) is 2.08. The monoisotopic (exact) mass is 289 g/mol. The van der Waals surface area contributed by atoms with Gasteiger partial charge in [-0.1, -0.05) is 11.6 Å². The van der Waals surface area contributed by atoms with E-state index in [1.54, 1.807) is 25.3 Å². The van der Waals surface area contributed by atoms with Crippen LogP contribution in [-0.2, 0) is 0 Å². The summed E-state index contributed by atoms with van der Waals surface area (Å²) < 4.78 is 5.25. The smallest absolute Gasteiger partial charge is 0.193 e. The Morgan fingerprint density at radius 2 is 1.85 bits per heavy atom. The molecule has 2 aromatic carbocycles. The minimum Gasteiger partial charge on any atom is -0.496 e. The van der Waals surface area contributed by atoms with Crippen molar-refractivity contribution in [3.63, 3.8) is 0 Å². The van der Waals surface area contributed by atoms with E-state index in [2.05, 4.69) is 0 Å². The molecule has 104 valence electrons. The van der Waals surface area contributed by atoms with Gasteiger partial charge in [0.25, 0.3) is 0 Å². The van der Waals surface area contributed by atoms with Crippen molar-refractivity contribution in [3.8, 4) is 5.75 Å². The van der Waals surface area contributed by atoms with Crippen LogP contribution in [0.2, 0.25) is 5.02 Å². The zero-order valence-corrected chi connectivity index (χ0v) is 12.4. The molecule has 20 heavy (non-hydrogen) atoms. The number of nitrogen functional groups attached to an aromatic ring is 1. The first-order valence-electron chi connectivity index (χ1n) is 6.19. The van der Waals surface area contributed by atoms with Gasteiger partial charge in [-0.25, -0.2) is 0 Å². The Morgan fingerprint density at radius 1 is 1.15 bits per heavy atom. The number of nitrogens with two attached hydrogens (primary N) is 1. The number of carbonyl (C=O) groups is 1. The second kappa shape index (κ2) is 5.55. The largest absolute Gasteiger partial charge is 0.496 e. The summed E-state index contributed by atoms with van der Waals surface area (Å²) in [5.74, 6) is 0.699. The van der Waals surface area contributed by atoms with Crippen LogP contribution in [0.1, 0.15) is 27.0 Å². The van der Waals surface area contributed by atoms with Crippen molar-refractivity contribution in [2.24, 2.45) is 0 Å². The van der Waals surface area contributed by atoms with Crippen LogP contribution in [0, 0.1) is 13.8 Å². The second-order valence-electron chi connectivity index (χ2n) is 4.70. The van der Waals surface area contributed by atoms with Gasteiger partial charge in [-0.2, -0.15) is 0 Å². The number of halogens is 1. The molecule has 2 aromatic rings. The standard InChI is InChI=1S/C16H16ClNO2/c1-9-7-15(20-3)10(2)6-12(9)16(19)11-4-5-14(18)13(17)8-11/h4-8H,18H2,1-3H3. The summed E-state index contributed by atoms with van der Waals surface area (Å²) in [6.45, 7) is 3.79. The highest BCUT2D eigenvalue weighted by atomic mass is 35.5. The van der Waals surface area contributed by atoms with E-state index in [0.717, 1.165) is 16.9 Å². The second-order valence-corrected chi connectivity index (χ2v) is 5.11. The van der Waals surface area contributed by atoms with Crippen LogP contribution in [0.15, 0.2) is 30.3 Å². The molecule has 0 unspecified atom stereocenters. The van der Waals surface area contributed by atoms with Crippen LogP contribution < -0.4 is 10.5 Å². The van der Waals surface area contributed by atoms with Gasteiger partial charge in [0.15, 0.2) is 5.78 Å². The van der Waals surface area contributed by atoms with Crippen molar-refractivity contribution in [1.82, 2.24) is 0 Å². The molecule has 0 aliphatic carbocycles. The summed E-state index contributed by atoms with van der Waals surface area (Å²) in [5, 5.41) is 0.388. The number of ether oxygens (including phenoxy) is 1. The first-order chi connectivity index (χ1) is 9.43. The van der Waals surface area contributed by atoms with E-state index in [-0.39, 0.29) is 5.78 Å². The third kappa shape index (κ3) is 2.63. The van der Waals surface area contributed by atoms with Gasteiger partial charge in [0.05, 0.1) is 17.8 Å². The van der Waals surface area contributed by atoms with Crippen LogP contribution in [0.5, 0.6) is 5.75 Å². The Morgan fingerprint density at radius 3 is 2.45 bits per heavy atom. The third-order valence-corrected chi connectivity index (χ3v) is 3.58. The molecule has 0 aromatic heterocycles. The quantitative estimate of drug-likeness (QED) is 0.691. The van der Waals surface area contributed by atoms with Gasteiger partial charge in [-0.05, 0) is 55.3 Å². The minimum absolute atomic E-state index is 0.0739. The van der Waals surface area contributed by atoms with Gasteiger partial charge in [-0.15, -0.1) is 0 Å². The van der Waals surface area contributed by atoms with Crippen LogP contribution in [0.3, 0.4) is 0 Å². The molecule has 0 radical (unpaired) electrons. The van der Waals surface area contributed by atoms with Crippen molar-refractivity contribution in [1.29, 1.82) is 0 Å². The molecule has 0 aliphatic rings. The lowest BCUT2D eigenvalue weighted by Gasteiger charge is -2.11. The number of aryl methyl sites for hydroxylation is 2. The van der Waals surface area contributed by atoms with Gasteiger partial charge in [0, 0.05) is 11.1 Å². The van der Waals surface area contributed by atoms with Gasteiger partial charge < -0.3 is 10.5 Å². The lowest BCUT2D eigenvalue weighted by atomic mass is 9.96. The molecule has 4 heteroatoms.